The van der Waals surface area contributed by atoms with Gasteiger partial charge in [0.1, 0.15) is 0 Å². The molecule has 0 aromatic heterocycles. The van der Waals surface area contributed by atoms with E-state index in [9.17, 15) is 5.11 Å². The number of hydrogen-bond donors (Lipinski definition) is 2. The van der Waals surface area contributed by atoms with E-state index in [0.29, 0.717) is 0 Å². The largest absolute Gasteiger partial charge is 0.390 e. The van der Waals surface area contributed by atoms with E-state index in [1.165, 1.54) is 43.5 Å². The van der Waals surface area contributed by atoms with Crippen LogP contribution in [-0.4, -0.2) is 23.8 Å². The van der Waals surface area contributed by atoms with Crippen LogP contribution in [0.25, 0.3) is 0 Å². The molecule has 104 valence electrons. The molecule has 19 heavy (non-hydrogen) atoms. The highest BCUT2D eigenvalue weighted by Crippen LogP contribution is 2.39. The molecule has 1 heterocycles. The Labute approximate surface area is 116 Å². The second kappa shape index (κ2) is 5.64. The molecule has 0 radical (unpaired) electrons. The first-order valence-corrected chi connectivity index (χ1v) is 7.74. The van der Waals surface area contributed by atoms with E-state index in [4.69, 9.17) is 0 Å². The lowest BCUT2D eigenvalue weighted by Gasteiger charge is -2.22. The van der Waals surface area contributed by atoms with E-state index in [-0.39, 0.29) is 5.60 Å². The molecule has 1 aromatic rings. The van der Waals surface area contributed by atoms with Crippen molar-refractivity contribution >= 4 is 0 Å². The second-order valence-electron chi connectivity index (χ2n) is 6.46. The van der Waals surface area contributed by atoms with Crippen LogP contribution < -0.4 is 5.32 Å². The molecule has 2 N–H and O–H groups in total. The number of aliphatic hydroxyl groups is 1. The Morgan fingerprint density at radius 3 is 2.53 bits per heavy atom. The topological polar surface area (TPSA) is 32.3 Å². The third-order valence-electron chi connectivity index (χ3n) is 4.65. The summed E-state index contributed by atoms with van der Waals surface area (Å²) in [6.45, 7) is 2.37. The Morgan fingerprint density at radius 2 is 1.89 bits per heavy atom. The van der Waals surface area contributed by atoms with E-state index in [2.05, 4.69) is 29.6 Å². The van der Waals surface area contributed by atoms with Gasteiger partial charge in [-0.1, -0.05) is 24.3 Å². The summed E-state index contributed by atoms with van der Waals surface area (Å²) in [6.07, 6.45) is 7.83. The van der Waals surface area contributed by atoms with Gasteiger partial charge in [-0.15, -0.1) is 0 Å². The molecule has 0 amide bonds. The molecule has 2 heteroatoms. The van der Waals surface area contributed by atoms with Crippen molar-refractivity contribution in [3.63, 3.8) is 0 Å². The van der Waals surface area contributed by atoms with Crippen molar-refractivity contribution in [2.45, 2.75) is 50.5 Å². The molecule has 1 aliphatic carbocycles. The average molecular weight is 259 g/mol. The van der Waals surface area contributed by atoms with Crippen LogP contribution in [0.2, 0.25) is 0 Å². The van der Waals surface area contributed by atoms with Gasteiger partial charge in [0.05, 0.1) is 5.60 Å². The van der Waals surface area contributed by atoms with Gasteiger partial charge in [-0.2, -0.15) is 0 Å². The number of benzene rings is 1. The Balaban J connectivity index is 1.50. The number of hydrogen-bond acceptors (Lipinski definition) is 2. The summed E-state index contributed by atoms with van der Waals surface area (Å²) in [5.41, 5.74) is 2.51. The summed E-state index contributed by atoms with van der Waals surface area (Å²) in [5, 5.41) is 13.3. The van der Waals surface area contributed by atoms with E-state index in [1.54, 1.807) is 0 Å². The lowest BCUT2D eigenvalue weighted by atomic mass is 9.92. The van der Waals surface area contributed by atoms with Gasteiger partial charge in [-0.3, -0.25) is 0 Å². The standard InChI is InChI=1S/C17H25NO/c19-17(9-10-17)8-7-14-3-5-15(6-4-14)12-16-2-1-11-18-13-16/h3-6,16,18-19H,1-2,7-13H2. The molecule has 1 saturated heterocycles. The molecular weight excluding hydrogens is 234 g/mol. The first kappa shape index (κ1) is 13.1. The highest BCUT2D eigenvalue weighted by atomic mass is 16.3. The third-order valence-corrected chi connectivity index (χ3v) is 4.65. The summed E-state index contributed by atoms with van der Waals surface area (Å²) in [6, 6.07) is 9.05. The smallest absolute Gasteiger partial charge is 0.0653 e. The first-order chi connectivity index (χ1) is 9.23. The maximum atomic E-state index is 9.85. The number of piperidine rings is 1. The fourth-order valence-corrected chi connectivity index (χ4v) is 3.04. The summed E-state index contributed by atoms with van der Waals surface area (Å²) in [4.78, 5) is 0. The molecule has 0 spiro atoms. The maximum absolute atomic E-state index is 9.85. The highest BCUT2D eigenvalue weighted by molar-refractivity contribution is 5.23. The molecule has 3 rings (SSSR count). The average Bonchev–Trinajstić information content (AvgIpc) is 3.18. The molecule has 2 nitrogen and oxygen atoms in total. The minimum absolute atomic E-state index is 0.313. The van der Waals surface area contributed by atoms with Crippen molar-refractivity contribution in [3.05, 3.63) is 35.4 Å². The zero-order chi connectivity index (χ0) is 13.1. The number of rotatable bonds is 5. The molecule has 2 fully saturated rings. The normalized spacial score (nSPS) is 25.2. The van der Waals surface area contributed by atoms with E-state index in [0.717, 1.165) is 31.6 Å². The van der Waals surface area contributed by atoms with E-state index >= 15 is 0 Å². The Morgan fingerprint density at radius 1 is 1.16 bits per heavy atom. The quantitative estimate of drug-likeness (QED) is 0.852. The zero-order valence-corrected chi connectivity index (χ0v) is 11.7. The SMILES string of the molecule is OC1(CCc2ccc(CC3CCCNC3)cc2)CC1. The molecular formula is C17H25NO. The summed E-state index contributed by atoms with van der Waals surface area (Å²) in [5.74, 6) is 0.812. The van der Waals surface area contributed by atoms with Gasteiger partial charge in [0, 0.05) is 0 Å². The van der Waals surface area contributed by atoms with Gasteiger partial charge < -0.3 is 10.4 Å². The molecule has 1 aliphatic heterocycles. The fourth-order valence-electron chi connectivity index (χ4n) is 3.04. The van der Waals surface area contributed by atoms with Crippen molar-refractivity contribution in [2.24, 2.45) is 5.92 Å². The van der Waals surface area contributed by atoms with Crippen LogP contribution in [0.4, 0.5) is 0 Å². The van der Waals surface area contributed by atoms with Crippen LogP contribution >= 0.6 is 0 Å². The third kappa shape index (κ3) is 3.80. The van der Waals surface area contributed by atoms with E-state index < -0.39 is 0 Å². The van der Waals surface area contributed by atoms with Gasteiger partial charge >= 0.3 is 0 Å². The summed E-state index contributed by atoms with van der Waals surface area (Å²) >= 11 is 0. The van der Waals surface area contributed by atoms with Crippen LogP contribution in [0, 0.1) is 5.92 Å². The van der Waals surface area contributed by atoms with Crippen molar-refractivity contribution in [1.29, 1.82) is 0 Å². The van der Waals surface area contributed by atoms with Crippen molar-refractivity contribution < 1.29 is 5.11 Å². The second-order valence-corrected chi connectivity index (χ2v) is 6.46. The summed E-state index contributed by atoms with van der Waals surface area (Å²) in [7, 11) is 0. The van der Waals surface area contributed by atoms with E-state index in [1.807, 2.05) is 0 Å². The monoisotopic (exact) mass is 259 g/mol. The molecule has 2 aliphatic rings. The Hall–Kier alpha value is -0.860. The van der Waals surface area contributed by atoms with Gasteiger partial charge in [0.2, 0.25) is 0 Å². The van der Waals surface area contributed by atoms with Crippen LogP contribution in [0.5, 0.6) is 0 Å². The van der Waals surface area contributed by atoms with Crippen LogP contribution in [-0.2, 0) is 12.8 Å². The molecule has 1 unspecified atom stereocenters. The van der Waals surface area contributed by atoms with Crippen molar-refractivity contribution in [1.82, 2.24) is 5.32 Å². The molecule has 1 atom stereocenters. The van der Waals surface area contributed by atoms with Crippen LogP contribution in [0.3, 0.4) is 0 Å². The van der Waals surface area contributed by atoms with Crippen LogP contribution in [0.15, 0.2) is 24.3 Å². The predicted octanol–water partition coefficient (Wildman–Crippen LogP) is 2.69. The maximum Gasteiger partial charge on any atom is 0.0653 e. The van der Waals surface area contributed by atoms with Crippen molar-refractivity contribution in [2.75, 3.05) is 13.1 Å². The van der Waals surface area contributed by atoms with Gasteiger partial charge in [-0.05, 0) is 75.1 Å². The minimum Gasteiger partial charge on any atom is -0.390 e. The number of nitrogens with one attached hydrogen (secondary N) is 1. The van der Waals surface area contributed by atoms with Crippen LogP contribution in [0.1, 0.15) is 43.2 Å². The number of aryl methyl sites for hydroxylation is 1. The lowest BCUT2D eigenvalue weighted by Crippen LogP contribution is -2.30. The fraction of sp³-hybridized carbons (Fsp3) is 0.647. The molecule has 1 saturated carbocycles. The first-order valence-electron chi connectivity index (χ1n) is 7.74. The molecule has 0 bridgehead atoms. The highest BCUT2D eigenvalue weighted by Gasteiger charge is 2.39. The van der Waals surface area contributed by atoms with Gasteiger partial charge in [0.15, 0.2) is 0 Å². The zero-order valence-electron chi connectivity index (χ0n) is 11.7. The van der Waals surface area contributed by atoms with Gasteiger partial charge in [0.25, 0.3) is 0 Å². The Kier molecular flexibility index (Phi) is 3.90. The van der Waals surface area contributed by atoms with Gasteiger partial charge in [-0.25, -0.2) is 0 Å². The molecule has 1 aromatic carbocycles. The lowest BCUT2D eigenvalue weighted by molar-refractivity contribution is 0.140. The Bertz CT molecular complexity index is 402. The summed E-state index contributed by atoms with van der Waals surface area (Å²) < 4.78 is 0. The van der Waals surface area contributed by atoms with Crippen molar-refractivity contribution in [3.8, 4) is 0 Å². The minimum atomic E-state index is -0.313. The predicted molar refractivity (Wildman–Crippen MR) is 78.2 cm³/mol.